The van der Waals surface area contributed by atoms with Gasteiger partial charge in [-0.2, -0.15) is 0 Å². The first-order chi connectivity index (χ1) is 12.5. The van der Waals surface area contributed by atoms with Gasteiger partial charge in [0.2, 0.25) is 0 Å². The van der Waals surface area contributed by atoms with E-state index in [0.29, 0.717) is 17.3 Å². The Morgan fingerprint density at radius 1 is 1.08 bits per heavy atom. The van der Waals surface area contributed by atoms with Gasteiger partial charge < -0.3 is 15.1 Å². The van der Waals surface area contributed by atoms with Crippen LogP contribution in [-0.4, -0.2) is 44.4 Å². The van der Waals surface area contributed by atoms with E-state index >= 15 is 0 Å². The number of benzene rings is 2. The number of hydrogen-bond acceptors (Lipinski definition) is 3. The molecular weight excluding hydrogens is 350 g/mol. The molecule has 0 aliphatic carbocycles. The van der Waals surface area contributed by atoms with Crippen LogP contribution in [-0.2, 0) is 4.79 Å². The highest BCUT2D eigenvalue weighted by atomic mass is 35.5. The minimum absolute atomic E-state index is 0.0210. The summed E-state index contributed by atoms with van der Waals surface area (Å²) in [5, 5.41) is 3.43. The number of halogens is 1. The number of nitrogens with one attached hydrogen (secondary N) is 2. The number of carbonyl (C=O) groups is 2. The second kappa shape index (κ2) is 8.34. The number of nitrogens with zero attached hydrogens (tertiary/aromatic N) is 1. The van der Waals surface area contributed by atoms with Crippen LogP contribution >= 0.6 is 11.6 Å². The van der Waals surface area contributed by atoms with Crippen LogP contribution in [0.5, 0.6) is 0 Å². The number of amides is 1. The zero-order valence-electron chi connectivity index (χ0n) is 14.8. The van der Waals surface area contributed by atoms with Crippen LogP contribution in [0.2, 0.25) is 5.02 Å². The second-order valence-corrected chi connectivity index (χ2v) is 6.95. The average molecular weight is 373 g/mol. The third kappa shape index (κ3) is 4.62. The number of ketones is 1. The normalized spacial score (nSPS) is 14.9. The largest absolute Gasteiger partial charge is 0.360 e. The molecule has 2 aromatic carbocycles. The number of anilines is 2. The molecule has 3 rings (SSSR count). The lowest BCUT2D eigenvalue weighted by Gasteiger charge is -2.33. The number of Topliss-reactive ketones (excluding diaryl/α,β-unsaturated/α-hetero) is 1. The summed E-state index contributed by atoms with van der Waals surface area (Å²) in [6.45, 7) is 5.56. The van der Waals surface area contributed by atoms with E-state index in [-0.39, 0.29) is 11.7 Å². The predicted octanol–water partition coefficient (Wildman–Crippen LogP) is 1.89. The number of piperazine rings is 1. The monoisotopic (exact) mass is 372 g/mol. The highest BCUT2D eigenvalue weighted by Crippen LogP contribution is 2.20. The lowest BCUT2D eigenvalue weighted by molar-refractivity contribution is -0.892. The van der Waals surface area contributed by atoms with Crippen molar-refractivity contribution in [3.05, 3.63) is 59.1 Å². The summed E-state index contributed by atoms with van der Waals surface area (Å²) in [5.41, 5.74) is 2.51. The SMILES string of the molecule is CC(=O)c1ccc(N2CC[NH+](CC(=O)Nc3ccccc3Cl)CC2)cc1. The Morgan fingerprint density at radius 2 is 1.73 bits per heavy atom. The van der Waals surface area contributed by atoms with Gasteiger partial charge in [0.05, 0.1) is 36.9 Å². The van der Waals surface area contributed by atoms with E-state index < -0.39 is 0 Å². The Morgan fingerprint density at radius 3 is 2.35 bits per heavy atom. The highest BCUT2D eigenvalue weighted by Gasteiger charge is 2.22. The van der Waals surface area contributed by atoms with Gasteiger partial charge in [-0.1, -0.05) is 23.7 Å². The van der Waals surface area contributed by atoms with Gasteiger partial charge in [0.1, 0.15) is 0 Å². The zero-order valence-corrected chi connectivity index (χ0v) is 15.6. The molecule has 1 aliphatic heterocycles. The van der Waals surface area contributed by atoms with Crippen LogP contribution in [0.4, 0.5) is 11.4 Å². The Hall–Kier alpha value is -2.37. The van der Waals surface area contributed by atoms with Crippen LogP contribution in [0.1, 0.15) is 17.3 Å². The van der Waals surface area contributed by atoms with Crippen molar-refractivity contribution in [2.75, 3.05) is 42.9 Å². The number of rotatable bonds is 5. The molecule has 0 saturated carbocycles. The summed E-state index contributed by atoms with van der Waals surface area (Å²) >= 11 is 6.08. The summed E-state index contributed by atoms with van der Waals surface area (Å²) < 4.78 is 0. The van der Waals surface area contributed by atoms with Crippen molar-refractivity contribution >= 4 is 34.7 Å². The molecule has 0 unspecified atom stereocenters. The topological polar surface area (TPSA) is 53.9 Å². The molecule has 1 heterocycles. The Kier molecular flexibility index (Phi) is 5.91. The molecule has 5 nitrogen and oxygen atoms in total. The molecule has 0 spiro atoms. The smallest absolute Gasteiger partial charge is 0.279 e. The van der Waals surface area contributed by atoms with Crippen molar-refractivity contribution in [3.63, 3.8) is 0 Å². The molecular formula is C20H23ClN3O2+. The minimum Gasteiger partial charge on any atom is -0.360 e. The van der Waals surface area contributed by atoms with E-state index in [0.717, 1.165) is 37.4 Å². The number of quaternary nitrogens is 1. The minimum atomic E-state index is -0.0210. The molecule has 0 radical (unpaired) electrons. The van der Waals surface area contributed by atoms with Crippen molar-refractivity contribution in [1.29, 1.82) is 0 Å². The van der Waals surface area contributed by atoms with Crippen molar-refractivity contribution in [1.82, 2.24) is 0 Å². The molecule has 0 atom stereocenters. The fourth-order valence-electron chi connectivity index (χ4n) is 3.15. The Balaban J connectivity index is 1.49. The molecule has 1 fully saturated rings. The molecule has 136 valence electrons. The molecule has 2 N–H and O–H groups in total. The van der Waals surface area contributed by atoms with Crippen LogP contribution < -0.4 is 15.1 Å². The summed E-state index contributed by atoms with van der Waals surface area (Å²) in [5.74, 6) is 0.0581. The van der Waals surface area contributed by atoms with Crippen LogP contribution in [0.15, 0.2) is 48.5 Å². The van der Waals surface area contributed by atoms with Crippen molar-refractivity contribution in [3.8, 4) is 0 Å². The lowest BCUT2D eigenvalue weighted by atomic mass is 10.1. The molecule has 1 amide bonds. The molecule has 2 aromatic rings. The summed E-state index contributed by atoms with van der Waals surface area (Å²) in [4.78, 5) is 27.2. The average Bonchev–Trinajstić information content (AvgIpc) is 2.64. The lowest BCUT2D eigenvalue weighted by Crippen LogP contribution is -3.15. The number of para-hydroxylation sites is 1. The van der Waals surface area contributed by atoms with Gasteiger partial charge in [-0.25, -0.2) is 0 Å². The predicted molar refractivity (Wildman–Crippen MR) is 104 cm³/mol. The van der Waals surface area contributed by atoms with Crippen molar-refractivity contribution in [2.45, 2.75) is 6.92 Å². The first-order valence-electron chi connectivity index (χ1n) is 8.77. The van der Waals surface area contributed by atoms with Gasteiger partial charge in [-0.3, -0.25) is 9.59 Å². The standard InChI is InChI=1S/C20H22ClN3O2/c1-15(25)16-6-8-17(9-7-16)24-12-10-23(11-13-24)14-20(26)22-19-5-3-2-4-18(19)21/h2-9H,10-14H2,1H3,(H,22,26)/p+1. The van der Waals surface area contributed by atoms with Crippen LogP contribution in [0.25, 0.3) is 0 Å². The summed E-state index contributed by atoms with van der Waals surface area (Å²) in [6.07, 6.45) is 0. The molecule has 1 aliphatic rings. The summed E-state index contributed by atoms with van der Waals surface area (Å²) in [7, 11) is 0. The third-order valence-electron chi connectivity index (χ3n) is 4.67. The van der Waals surface area contributed by atoms with E-state index in [9.17, 15) is 9.59 Å². The zero-order chi connectivity index (χ0) is 18.5. The first-order valence-corrected chi connectivity index (χ1v) is 9.14. The van der Waals surface area contributed by atoms with Gasteiger partial charge in [0.25, 0.3) is 5.91 Å². The quantitative estimate of drug-likeness (QED) is 0.788. The van der Waals surface area contributed by atoms with Gasteiger partial charge in [-0.15, -0.1) is 0 Å². The maximum absolute atomic E-state index is 12.2. The van der Waals surface area contributed by atoms with E-state index in [1.54, 1.807) is 19.1 Å². The van der Waals surface area contributed by atoms with Crippen molar-refractivity contribution < 1.29 is 14.5 Å². The van der Waals surface area contributed by atoms with E-state index in [4.69, 9.17) is 11.6 Å². The van der Waals surface area contributed by atoms with E-state index in [1.165, 1.54) is 4.90 Å². The fourth-order valence-corrected chi connectivity index (χ4v) is 3.33. The Bertz CT molecular complexity index is 784. The summed E-state index contributed by atoms with van der Waals surface area (Å²) in [6, 6.07) is 15.0. The van der Waals surface area contributed by atoms with E-state index in [1.807, 2.05) is 36.4 Å². The highest BCUT2D eigenvalue weighted by molar-refractivity contribution is 6.33. The fraction of sp³-hybridized carbons (Fsp3) is 0.300. The second-order valence-electron chi connectivity index (χ2n) is 6.54. The Labute approximate surface area is 158 Å². The molecule has 26 heavy (non-hydrogen) atoms. The molecule has 6 heteroatoms. The molecule has 0 bridgehead atoms. The van der Waals surface area contributed by atoms with Gasteiger partial charge in [0.15, 0.2) is 12.3 Å². The third-order valence-corrected chi connectivity index (χ3v) is 5.00. The molecule has 0 aromatic heterocycles. The van der Waals surface area contributed by atoms with Gasteiger partial charge >= 0.3 is 0 Å². The number of hydrogen-bond donors (Lipinski definition) is 2. The van der Waals surface area contributed by atoms with Gasteiger partial charge in [-0.05, 0) is 43.3 Å². The van der Waals surface area contributed by atoms with Crippen LogP contribution in [0, 0.1) is 0 Å². The van der Waals surface area contributed by atoms with Crippen LogP contribution in [0.3, 0.4) is 0 Å². The van der Waals surface area contributed by atoms with Crippen molar-refractivity contribution in [2.24, 2.45) is 0 Å². The maximum Gasteiger partial charge on any atom is 0.279 e. The first kappa shape index (κ1) is 18.4. The van der Waals surface area contributed by atoms with Gasteiger partial charge in [0, 0.05) is 11.3 Å². The number of carbonyl (C=O) groups excluding carboxylic acids is 2. The van der Waals surface area contributed by atoms with E-state index in [2.05, 4.69) is 10.2 Å². The maximum atomic E-state index is 12.2. The molecule has 1 saturated heterocycles.